The van der Waals surface area contributed by atoms with Crippen LogP contribution in [0.2, 0.25) is 5.28 Å². The van der Waals surface area contributed by atoms with Crippen LogP contribution in [0.25, 0.3) is 11.4 Å². The second kappa shape index (κ2) is 18.2. The molecule has 0 aliphatic heterocycles. The van der Waals surface area contributed by atoms with Gasteiger partial charge in [0.2, 0.25) is 5.28 Å². The van der Waals surface area contributed by atoms with E-state index in [2.05, 4.69) is 65.9 Å². The average Bonchev–Trinajstić information content (AvgIpc) is 2.99. The first-order chi connectivity index (χ1) is 20.9. The Kier molecular flexibility index (Phi) is 15.1. The molecule has 0 fully saturated rings. The van der Waals surface area contributed by atoms with E-state index >= 15 is 0 Å². The lowest BCUT2D eigenvalue weighted by atomic mass is 10.2. The molecule has 0 saturated heterocycles. The van der Waals surface area contributed by atoms with Crippen molar-refractivity contribution in [2.75, 3.05) is 13.2 Å². The normalized spacial score (nSPS) is 9.95. The van der Waals surface area contributed by atoms with E-state index < -0.39 is 46.6 Å². The SMILES string of the molecule is CCOC(=O)c1nc(-c2cc(Br)ccc2F)ncc1F.CCOC(=O)c1nc(Cl)ncc1F.O[B]Oc1cc(Br)ccc1F. The van der Waals surface area contributed by atoms with Crippen molar-refractivity contribution in [2.45, 2.75) is 13.8 Å². The van der Waals surface area contributed by atoms with Crippen LogP contribution in [-0.2, 0) is 9.47 Å². The minimum absolute atomic E-state index is 0.0122. The summed E-state index contributed by atoms with van der Waals surface area (Å²) in [5, 5.41) is 8.02. The van der Waals surface area contributed by atoms with Gasteiger partial charge in [-0.15, -0.1) is 0 Å². The summed E-state index contributed by atoms with van der Waals surface area (Å²) in [4.78, 5) is 36.7. The molecule has 4 aromatic rings. The van der Waals surface area contributed by atoms with Crippen LogP contribution in [-0.4, -0.2) is 57.8 Å². The zero-order chi connectivity index (χ0) is 32.8. The lowest BCUT2D eigenvalue weighted by Crippen LogP contribution is -2.11. The molecule has 0 bridgehead atoms. The number of hydrogen-bond donors (Lipinski definition) is 1. The van der Waals surface area contributed by atoms with Gasteiger partial charge in [0.1, 0.15) is 11.6 Å². The monoisotopic (exact) mass is 763 g/mol. The van der Waals surface area contributed by atoms with E-state index in [4.69, 9.17) is 16.6 Å². The number of ether oxygens (including phenoxy) is 2. The first kappa shape index (κ1) is 36.5. The quantitative estimate of drug-likeness (QED) is 0.0990. The lowest BCUT2D eigenvalue weighted by Gasteiger charge is -2.06. The van der Waals surface area contributed by atoms with Gasteiger partial charge in [-0.2, -0.15) is 0 Å². The average molecular weight is 766 g/mol. The molecule has 0 spiro atoms. The molecule has 10 nitrogen and oxygen atoms in total. The molecule has 2 aromatic carbocycles. The van der Waals surface area contributed by atoms with Crippen LogP contribution in [0.15, 0.2) is 57.7 Å². The van der Waals surface area contributed by atoms with Crippen molar-refractivity contribution in [3.8, 4) is 17.1 Å². The number of hydrogen-bond acceptors (Lipinski definition) is 10. The number of carbonyl (C=O) groups excluding carboxylic acids is 2. The van der Waals surface area contributed by atoms with E-state index in [0.29, 0.717) is 16.6 Å². The Morgan fingerprint density at radius 2 is 1.34 bits per heavy atom. The Labute approximate surface area is 270 Å². The van der Waals surface area contributed by atoms with E-state index in [-0.39, 0.29) is 35.6 Å². The van der Waals surface area contributed by atoms with E-state index in [1.165, 1.54) is 30.3 Å². The van der Waals surface area contributed by atoms with Crippen LogP contribution in [0.3, 0.4) is 0 Å². The van der Waals surface area contributed by atoms with Gasteiger partial charge < -0.3 is 19.2 Å². The third kappa shape index (κ3) is 11.1. The highest BCUT2D eigenvalue weighted by Gasteiger charge is 2.19. The first-order valence-corrected chi connectivity index (χ1v) is 14.0. The molecular formula is C26H19BBr2ClF4N4O6. The highest BCUT2D eigenvalue weighted by atomic mass is 79.9. The number of rotatable bonds is 7. The highest BCUT2D eigenvalue weighted by molar-refractivity contribution is 9.10. The predicted octanol–water partition coefficient (Wildman–Crippen LogP) is 6.30. The maximum Gasteiger partial charge on any atom is 0.569 e. The van der Waals surface area contributed by atoms with Crippen molar-refractivity contribution in [1.29, 1.82) is 0 Å². The summed E-state index contributed by atoms with van der Waals surface area (Å²) in [6, 6.07) is 8.37. The molecule has 0 unspecified atom stereocenters. The van der Waals surface area contributed by atoms with Crippen molar-refractivity contribution in [1.82, 2.24) is 19.9 Å². The molecule has 4 rings (SSSR count). The molecule has 2 heterocycles. The number of aromatic nitrogens is 4. The van der Waals surface area contributed by atoms with Crippen molar-refractivity contribution in [3.05, 3.63) is 97.7 Å². The number of benzene rings is 2. The number of nitrogens with zero attached hydrogens (tertiary/aromatic N) is 4. The number of carbonyl (C=O) groups is 2. The third-order valence-electron chi connectivity index (χ3n) is 4.64. The van der Waals surface area contributed by atoms with Gasteiger partial charge in [0.05, 0.1) is 31.2 Å². The van der Waals surface area contributed by atoms with Gasteiger partial charge in [0.15, 0.2) is 34.7 Å². The maximum absolute atomic E-state index is 13.7. The standard InChI is InChI=1S/C13H9BrF2N2O2.C7H6ClFN2O2.C6H4BBrFO2/c1-2-20-13(19)11-10(16)6-17-12(18-11)8-5-7(14)3-4-9(8)15;1-2-13-6(12)5-4(9)3-10-7(8)11-5;8-4-1-2-5(9)6(3-4)11-7-10/h3-6H,2H2,1H3;3H,2H2,1H3;1-3,10H. The largest absolute Gasteiger partial charge is 0.569 e. The predicted molar refractivity (Wildman–Crippen MR) is 157 cm³/mol. The summed E-state index contributed by atoms with van der Waals surface area (Å²) in [5.41, 5.74) is -0.900. The molecule has 18 heteroatoms. The van der Waals surface area contributed by atoms with Crippen molar-refractivity contribution in [2.24, 2.45) is 0 Å². The van der Waals surface area contributed by atoms with Gasteiger partial charge in [-0.1, -0.05) is 31.9 Å². The Balaban J connectivity index is 0.000000244. The highest BCUT2D eigenvalue weighted by Crippen LogP contribution is 2.24. The van der Waals surface area contributed by atoms with E-state index in [0.717, 1.165) is 12.4 Å². The molecule has 1 N–H and O–H groups in total. The summed E-state index contributed by atoms with van der Waals surface area (Å²) in [7, 11) is 0.435. The topological polar surface area (TPSA) is 134 Å². The minimum atomic E-state index is -0.914. The Hall–Kier alpha value is -3.67. The van der Waals surface area contributed by atoms with Gasteiger partial charge in [0, 0.05) is 8.95 Å². The molecule has 231 valence electrons. The van der Waals surface area contributed by atoms with Crippen LogP contribution >= 0.6 is 43.5 Å². The van der Waals surface area contributed by atoms with Crippen molar-refractivity contribution >= 4 is 63.1 Å². The minimum Gasteiger partial charge on any atom is -0.535 e. The number of esters is 2. The smallest absolute Gasteiger partial charge is 0.535 e. The van der Waals surface area contributed by atoms with Crippen molar-refractivity contribution in [3.63, 3.8) is 0 Å². The van der Waals surface area contributed by atoms with Gasteiger partial charge >= 0.3 is 19.6 Å². The zero-order valence-corrected chi connectivity index (χ0v) is 26.5. The molecule has 2 aromatic heterocycles. The van der Waals surface area contributed by atoms with Gasteiger partial charge in [0.25, 0.3) is 0 Å². The van der Waals surface area contributed by atoms with Gasteiger partial charge in [-0.3, -0.25) is 0 Å². The van der Waals surface area contributed by atoms with E-state index in [9.17, 15) is 27.2 Å². The van der Waals surface area contributed by atoms with E-state index in [1.54, 1.807) is 19.9 Å². The Bertz CT molecular complexity index is 1610. The molecule has 0 aliphatic rings. The summed E-state index contributed by atoms with van der Waals surface area (Å²) >= 11 is 11.7. The molecule has 44 heavy (non-hydrogen) atoms. The van der Waals surface area contributed by atoms with Crippen LogP contribution < -0.4 is 4.65 Å². The first-order valence-electron chi connectivity index (χ1n) is 12.0. The fourth-order valence-electron chi connectivity index (χ4n) is 2.82. The molecule has 0 saturated carbocycles. The second-order valence-electron chi connectivity index (χ2n) is 7.59. The molecule has 1 radical (unpaired) electrons. The van der Waals surface area contributed by atoms with Crippen molar-refractivity contribution < 1.29 is 46.3 Å². The fourth-order valence-corrected chi connectivity index (χ4v) is 3.66. The zero-order valence-electron chi connectivity index (χ0n) is 22.5. The third-order valence-corrected chi connectivity index (χ3v) is 5.81. The van der Waals surface area contributed by atoms with Gasteiger partial charge in [-0.05, 0) is 61.8 Å². The summed E-state index contributed by atoms with van der Waals surface area (Å²) in [6.07, 6.45) is 1.64. The summed E-state index contributed by atoms with van der Waals surface area (Å²) in [6.45, 7) is 3.44. The molecule has 0 atom stereocenters. The van der Waals surface area contributed by atoms with Crippen LogP contribution in [0.1, 0.15) is 34.8 Å². The Morgan fingerprint density at radius 3 is 1.91 bits per heavy atom. The van der Waals surface area contributed by atoms with E-state index in [1.807, 2.05) is 0 Å². The lowest BCUT2D eigenvalue weighted by molar-refractivity contribution is 0.0503. The summed E-state index contributed by atoms with van der Waals surface area (Å²) in [5.74, 6) is -4.71. The fraction of sp³-hybridized carbons (Fsp3) is 0.154. The molecular weight excluding hydrogens is 746 g/mol. The Morgan fingerprint density at radius 1 is 0.818 bits per heavy atom. The second-order valence-corrected chi connectivity index (χ2v) is 9.76. The number of halogens is 7. The maximum atomic E-state index is 13.7. The molecule has 0 amide bonds. The van der Waals surface area contributed by atoms with Crippen LogP contribution in [0.4, 0.5) is 17.6 Å². The van der Waals surface area contributed by atoms with Crippen LogP contribution in [0, 0.1) is 23.3 Å². The summed E-state index contributed by atoms with van der Waals surface area (Å²) < 4.78 is 67.7. The molecule has 0 aliphatic carbocycles. The van der Waals surface area contributed by atoms with Crippen LogP contribution in [0.5, 0.6) is 5.75 Å². The van der Waals surface area contributed by atoms with Gasteiger partial charge in [-0.25, -0.2) is 47.1 Å².